The average Bonchev–Trinajstić information content (AvgIpc) is 2.73. The maximum Gasteiger partial charge on any atom is 0.231 e. The van der Waals surface area contributed by atoms with Crippen LogP contribution in [-0.2, 0) is 6.54 Å². The van der Waals surface area contributed by atoms with Gasteiger partial charge in [0.1, 0.15) is 0 Å². The Labute approximate surface area is 96.8 Å². The second-order valence-electron chi connectivity index (χ2n) is 4.56. The highest BCUT2D eigenvalue weighted by Gasteiger charge is 2.17. The molecule has 0 aliphatic carbocycles. The molecule has 1 heterocycles. The molecule has 1 aromatic carbocycles. The molecule has 3 heteroatoms. The van der Waals surface area contributed by atoms with Crippen LogP contribution in [0.1, 0.15) is 26.3 Å². The Morgan fingerprint density at radius 2 is 2.06 bits per heavy atom. The fourth-order valence-corrected chi connectivity index (χ4v) is 1.64. The molecule has 1 unspecified atom stereocenters. The van der Waals surface area contributed by atoms with Crippen LogP contribution >= 0.6 is 0 Å². The summed E-state index contributed by atoms with van der Waals surface area (Å²) in [5, 5.41) is 3.49. The minimum absolute atomic E-state index is 0.339. The zero-order valence-electron chi connectivity index (χ0n) is 10.1. The molecule has 0 fully saturated rings. The lowest BCUT2D eigenvalue weighted by Gasteiger charge is -2.17. The molecule has 88 valence electrons. The normalized spacial score (nSPS) is 15.5. The van der Waals surface area contributed by atoms with Crippen molar-refractivity contribution in [3.63, 3.8) is 0 Å². The summed E-state index contributed by atoms with van der Waals surface area (Å²) in [4.78, 5) is 0. The van der Waals surface area contributed by atoms with Gasteiger partial charge < -0.3 is 14.8 Å². The number of hydrogen-bond acceptors (Lipinski definition) is 3. The molecular formula is C13H19NO2. The molecule has 3 nitrogen and oxygen atoms in total. The lowest BCUT2D eigenvalue weighted by atomic mass is 10.1. The fourth-order valence-electron chi connectivity index (χ4n) is 1.64. The van der Waals surface area contributed by atoms with Crippen LogP contribution in [0, 0.1) is 5.92 Å². The lowest BCUT2D eigenvalue weighted by Crippen LogP contribution is -2.30. The van der Waals surface area contributed by atoms with Gasteiger partial charge >= 0.3 is 0 Å². The first-order chi connectivity index (χ1) is 7.68. The van der Waals surface area contributed by atoms with Gasteiger partial charge in [0.05, 0.1) is 0 Å². The van der Waals surface area contributed by atoms with E-state index in [-0.39, 0.29) is 0 Å². The van der Waals surface area contributed by atoms with Crippen molar-refractivity contribution >= 4 is 0 Å². The smallest absolute Gasteiger partial charge is 0.231 e. The zero-order valence-corrected chi connectivity index (χ0v) is 10.1. The molecule has 1 N–H and O–H groups in total. The third-order valence-electron chi connectivity index (χ3n) is 3.09. The van der Waals surface area contributed by atoms with Crippen LogP contribution in [0.4, 0.5) is 0 Å². The first kappa shape index (κ1) is 11.3. The summed E-state index contributed by atoms with van der Waals surface area (Å²) in [5.41, 5.74) is 1.17. The topological polar surface area (TPSA) is 30.5 Å². The molecule has 1 aliphatic heterocycles. The molecule has 0 amide bonds. The van der Waals surface area contributed by atoms with Crippen molar-refractivity contribution in [2.24, 2.45) is 5.92 Å². The highest BCUT2D eigenvalue weighted by molar-refractivity contribution is 5.48. The van der Waals surface area contributed by atoms with Gasteiger partial charge in [0.15, 0.2) is 11.5 Å². The summed E-state index contributed by atoms with van der Waals surface area (Å²) < 4.78 is 10.8. The SMILES string of the molecule is CC(C)C(C)NCc1cccc2c1OCO2. The molecule has 0 aromatic heterocycles. The summed E-state index contributed by atoms with van der Waals surface area (Å²) in [5.74, 6) is 2.39. The summed E-state index contributed by atoms with van der Waals surface area (Å²) >= 11 is 0. The number of nitrogens with one attached hydrogen (secondary N) is 1. The molecule has 0 bridgehead atoms. The van der Waals surface area contributed by atoms with E-state index in [1.807, 2.05) is 12.1 Å². The van der Waals surface area contributed by atoms with Crippen LogP contribution in [0.25, 0.3) is 0 Å². The van der Waals surface area contributed by atoms with Crippen LogP contribution < -0.4 is 14.8 Å². The first-order valence-corrected chi connectivity index (χ1v) is 5.79. The molecule has 0 saturated carbocycles. The van der Waals surface area contributed by atoms with E-state index < -0.39 is 0 Å². The summed E-state index contributed by atoms with van der Waals surface area (Å²) in [6.07, 6.45) is 0. The van der Waals surface area contributed by atoms with Crippen LogP contribution in [0.3, 0.4) is 0 Å². The first-order valence-electron chi connectivity index (χ1n) is 5.79. The van der Waals surface area contributed by atoms with E-state index in [2.05, 4.69) is 32.2 Å². The molecule has 1 aliphatic rings. The minimum atomic E-state index is 0.339. The average molecular weight is 221 g/mol. The van der Waals surface area contributed by atoms with Crippen molar-refractivity contribution in [1.29, 1.82) is 0 Å². The Hall–Kier alpha value is -1.22. The molecule has 1 aromatic rings. The largest absolute Gasteiger partial charge is 0.454 e. The minimum Gasteiger partial charge on any atom is -0.454 e. The molecular weight excluding hydrogens is 202 g/mol. The molecule has 0 radical (unpaired) electrons. The van der Waals surface area contributed by atoms with Gasteiger partial charge in [0, 0.05) is 18.2 Å². The van der Waals surface area contributed by atoms with Gasteiger partial charge in [-0.15, -0.1) is 0 Å². The van der Waals surface area contributed by atoms with Crippen molar-refractivity contribution in [1.82, 2.24) is 5.32 Å². The Bertz CT molecular complexity index is 363. The lowest BCUT2D eigenvalue weighted by molar-refractivity contribution is 0.173. The van der Waals surface area contributed by atoms with Gasteiger partial charge in [-0.3, -0.25) is 0 Å². The van der Waals surface area contributed by atoms with Crippen LogP contribution in [0.2, 0.25) is 0 Å². The van der Waals surface area contributed by atoms with E-state index in [4.69, 9.17) is 9.47 Å². The van der Waals surface area contributed by atoms with Gasteiger partial charge in [0.25, 0.3) is 0 Å². The molecule has 1 atom stereocenters. The van der Waals surface area contributed by atoms with Crippen molar-refractivity contribution in [2.45, 2.75) is 33.4 Å². The van der Waals surface area contributed by atoms with Gasteiger partial charge in [-0.1, -0.05) is 26.0 Å². The van der Waals surface area contributed by atoms with Gasteiger partial charge in [-0.2, -0.15) is 0 Å². The fraction of sp³-hybridized carbons (Fsp3) is 0.538. The molecule has 0 spiro atoms. The quantitative estimate of drug-likeness (QED) is 0.847. The number of benzene rings is 1. The van der Waals surface area contributed by atoms with Crippen LogP contribution in [-0.4, -0.2) is 12.8 Å². The van der Waals surface area contributed by atoms with E-state index >= 15 is 0 Å². The number of hydrogen-bond donors (Lipinski definition) is 1. The molecule has 2 rings (SSSR count). The summed E-state index contributed by atoms with van der Waals surface area (Å²) in [6.45, 7) is 7.79. The second kappa shape index (κ2) is 4.74. The predicted molar refractivity (Wildman–Crippen MR) is 63.7 cm³/mol. The maximum atomic E-state index is 5.46. The third-order valence-corrected chi connectivity index (χ3v) is 3.09. The van der Waals surface area contributed by atoms with Crippen molar-refractivity contribution in [3.8, 4) is 11.5 Å². The number of ether oxygens (including phenoxy) is 2. The number of fused-ring (bicyclic) bond motifs is 1. The molecule has 0 saturated heterocycles. The molecule has 16 heavy (non-hydrogen) atoms. The van der Waals surface area contributed by atoms with Gasteiger partial charge in [0.2, 0.25) is 6.79 Å². The zero-order chi connectivity index (χ0) is 11.5. The monoisotopic (exact) mass is 221 g/mol. The maximum absolute atomic E-state index is 5.46. The van der Waals surface area contributed by atoms with E-state index in [1.165, 1.54) is 5.56 Å². The second-order valence-corrected chi connectivity index (χ2v) is 4.56. The van der Waals surface area contributed by atoms with E-state index in [0.29, 0.717) is 18.8 Å². The predicted octanol–water partition coefficient (Wildman–Crippen LogP) is 2.55. The van der Waals surface area contributed by atoms with E-state index in [1.54, 1.807) is 0 Å². The Balaban J connectivity index is 2.03. The summed E-state index contributed by atoms with van der Waals surface area (Å²) in [6, 6.07) is 6.52. The van der Waals surface area contributed by atoms with E-state index in [9.17, 15) is 0 Å². The highest BCUT2D eigenvalue weighted by Crippen LogP contribution is 2.35. The van der Waals surface area contributed by atoms with E-state index in [0.717, 1.165) is 18.0 Å². The van der Waals surface area contributed by atoms with Crippen LogP contribution in [0.5, 0.6) is 11.5 Å². The third kappa shape index (κ3) is 2.30. The number of para-hydroxylation sites is 1. The van der Waals surface area contributed by atoms with Gasteiger partial charge in [-0.05, 0) is 18.9 Å². The van der Waals surface area contributed by atoms with Crippen molar-refractivity contribution in [2.75, 3.05) is 6.79 Å². The van der Waals surface area contributed by atoms with Crippen molar-refractivity contribution in [3.05, 3.63) is 23.8 Å². The highest BCUT2D eigenvalue weighted by atomic mass is 16.7. The Kier molecular flexibility index (Phi) is 3.34. The standard InChI is InChI=1S/C13H19NO2/c1-9(2)10(3)14-7-11-5-4-6-12-13(11)16-8-15-12/h4-6,9-10,14H,7-8H2,1-3H3. The van der Waals surface area contributed by atoms with Crippen LogP contribution in [0.15, 0.2) is 18.2 Å². The number of rotatable bonds is 4. The Morgan fingerprint density at radius 3 is 2.81 bits per heavy atom. The van der Waals surface area contributed by atoms with Crippen molar-refractivity contribution < 1.29 is 9.47 Å². The Morgan fingerprint density at radius 1 is 1.25 bits per heavy atom. The van der Waals surface area contributed by atoms with Gasteiger partial charge in [-0.25, -0.2) is 0 Å². The summed E-state index contributed by atoms with van der Waals surface area (Å²) in [7, 11) is 0.